The van der Waals surface area contributed by atoms with Crippen molar-refractivity contribution in [3.63, 3.8) is 0 Å². The quantitative estimate of drug-likeness (QED) is 0.712. The van der Waals surface area contributed by atoms with Crippen LogP contribution >= 0.6 is 11.6 Å². The first-order valence-corrected chi connectivity index (χ1v) is 8.04. The largest absolute Gasteiger partial charge is 0.495 e. The van der Waals surface area contributed by atoms with Crippen LogP contribution in [-0.4, -0.2) is 26.3 Å². The van der Waals surface area contributed by atoms with Crippen LogP contribution in [0.25, 0.3) is 10.9 Å². The molecule has 3 aromatic rings. The van der Waals surface area contributed by atoms with Crippen LogP contribution < -0.4 is 19.5 Å². The second kappa shape index (κ2) is 7.38. The molecule has 3 rings (SSSR count). The fourth-order valence-corrected chi connectivity index (χ4v) is 2.82. The number of pyridine rings is 1. The Morgan fingerprint density at radius 1 is 0.962 bits per heavy atom. The van der Waals surface area contributed by atoms with Gasteiger partial charge in [0.1, 0.15) is 17.6 Å². The molecule has 0 spiro atoms. The number of hydrogen-bond donors (Lipinski definition) is 1. The number of anilines is 2. The maximum absolute atomic E-state index is 9.49. The Hall–Kier alpha value is -3.17. The van der Waals surface area contributed by atoms with E-state index in [2.05, 4.69) is 16.4 Å². The van der Waals surface area contributed by atoms with Crippen molar-refractivity contribution in [3.8, 4) is 23.3 Å². The summed E-state index contributed by atoms with van der Waals surface area (Å²) in [6.07, 6.45) is 0. The highest BCUT2D eigenvalue weighted by Gasteiger charge is 2.12. The first kappa shape index (κ1) is 17.6. The lowest BCUT2D eigenvalue weighted by Crippen LogP contribution is -1.99. The zero-order chi connectivity index (χ0) is 18.7. The third-order valence-corrected chi connectivity index (χ3v) is 4.15. The van der Waals surface area contributed by atoms with Gasteiger partial charge in [-0.1, -0.05) is 11.6 Å². The van der Waals surface area contributed by atoms with E-state index in [1.807, 2.05) is 0 Å². The van der Waals surface area contributed by atoms with E-state index < -0.39 is 0 Å². The molecule has 0 radical (unpaired) electrons. The SMILES string of the molecule is COc1ccc(Nc2nc3cc(OC)c(OC)cc3cc2C#N)cc1Cl. The fraction of sp³-hybridized carbons (Fsp3) is 0.158. The minimum absolute atomic E-state index is 0.400. The van der Waals surface area contributed by atoms with Crippen molar-refractivity contribution in [1.29, 1.82) is 5.26 Å². The van der Waals surface area contributed by atoms with Crippen molar-refractivity contribution >= 4 is 34.0 Å². The average molecular weight is 370 g/mol. The smallest absolute Gasteiger partial charge is 0.162 e. The summed E-state index contributed by atoms with van der Waals surface area (Å²) in [5.41, 5.74) is 1.76. The summed E-state index contributed by atoms with van der Waals surface area (Å²) >= 11 is 6.16. The molecule has 1 aromatic heterocycles. The Bertz CT molecular complexity index is 1020. The van der Waals surface area contributed by atoms with Crippen molar-refractivity contribution in [2.45, 2.75) is 0 Å². The molecule has 0 bridgehead atoms. The van der Waals surface area contributed by atoms with E-state index in [0.717, 1.165) is 5.39 Å². The molecule has 2 aromatic carbocycles. The summed E-state index contributed by atoms with van der Waals surface area (Å²) in [6, 6.07) is 12.7. The number of rotatable bonds is 5. The number of nitrogens with one attached hydrogen (secondary N) is 1. The highest BCUT2D eigenvalue weighted by Crippen LogP contribution is 2.34. The van der Waals surface area contributed by atoms with Gasteiger partial charge in [0.15, 0.2) is 11.5 Å². The molecule has 0 atom stereocenters. The van der Waals surface area contributed by atoms with Gasteiger partial charge in [-0.2, -0.15) is 5.26 Å². The molecule has 1 N–H and O–H groups in total. The highest BCUT2D eigenvalue weighted by atomic mass is 35.5. The molecular formula is C19H16ClN3O3. The van der Waals surface area contributed by atoms with Gasteiger partial charge < -0.3 is 19.5 Å². The third-order valence-electron chi connectivity index (χ3n) is 3.86. The molecule has 0 saturated carbocycles. The van der Waals surface area contributed by atoms with E-state index in [1.165, 1.54) is 0 Å². The number of benzene rings is 2. The molecular weight excluding hydrogens is 354 g/mol. The number of nitrogens with zero attached hydrogens (tertiary/aromatic N) is 2. The average Bonchev–Trinajstić information content (AvgIpc) is 2.66. The molecule has 0 aliphatic carbocycles. The molecule has 132 valence electrons. The van der Waals surface area contributed by atoms with Gasteiger partial charge in [-0.15, -0.1) is 0 Å². The van der Waals surface area contributed by atoms with E-state index in [0.29, 0.717) is 44.9 Å². The zero-order valence-corrected chi connectivity index (χ0v) is 15.2. The van der Waals surface area contributed by atoms with Crippen molar-refractivity contribution in [3.05, 3.63) is 47.0 Å². The number of nitriles is 1. The lowest BCUT2D eigenvalue weighted by Gasteiger charge is -2.12. The number of aromatic nitrogens is 1. The minimum Gasteiger partial charge on any atom is -0.495 e. The summed E-state index contributed by atoms with van der Waals surface area (Å²) in [7, 11) is 4.67. The second-order valence-electron chi connectivity index (χ2n) is 5.37. The summed E-state index contributed by atoms with van der Waals surface area (Å²) in [6.45, 7) is 0. The first-order chi connectivity index (χ1) is 12.6. The topological polar surface area (TPSA) is 76.4 Å². The normalized spacial score (nSPS) is 10.3. The molecule has 0 amide bonds. The fourth-order valence-electron chi connectivity index (χ4n) is 2.56. The molecule has 0 aliphatic rings. The Labute approximate surface area is 155 Å². The van der Waals surface area contributed by atoms with Gasteiger partial charge in [-0.3, -0.25) is 0 Å². The van der Waals surface area contributed by atoms with Crippen LogP contribution in [0.3, 0.4) is 0 Å². The highest BCUT2D eigenvalue weighted by molar-refractivity contribution is 6.32. The molecule has 0 fully saturated rings. The molecule has 0 aliphatic heterocycles. The Morgan fingerprint density at radius 3 is 2.27 bits per heavy atom. The van der Waals surface area contributed by atoms with Gasteiger partial charge >= 0.3 is 0 Å². The first-order valence-electron chi connectivity index (χ1n) is 7.67. The Balaban J connectivity index is 2.07. The van der Waals surface area contributed by atoms with Crippen molar-refractivity contribution in [2.24, 2.45) is 0 Å². The van der Waals surface area contributed by atoms with E-state index in [9.17, 15) is 5.26 Å². The maximum atomic E-state index is 9.49. The maximum Gasteiger partial charge on any atom is 0.162 e. The number of hydrogen-bond acceptors (Lipinski definition) is 6. The van der Waals surface area contributed by atoms with Crippen LogP contribution in [0, 0.1) is 11.3 Å². The molecule has 26 heavy (non-hydrogen) atoms. The summed E-state index contributed by atoms with van der Waals surface area (Å²) < 4.78 is 15.8. The molecule has 1 heterocycles. The monoisotopic (exact) mass is 369 g/mol. The molecule has 6 nitrogen and oxygen atoms in total. The summed E-state index contributed by atoms with van der Waals surface area (Å²) in [5.74, 6) is 2.14. The second-order valence-corrected chi connectivity index (χ2v) is 5.78. The van der Waals surface area contributed by atoms with Gasteiger partial charge in [0.25, 0.3) is 0 Å². The van der Waals surface area contributed by atoms with Crippen LogP contribution in [0.2, 0.25) is 5.02 Å². The third kappa shape index (κ3) is 3.30. The van der Waals surface area contributed by atoms with Crippen LogP contribution in [-0.2, 0) is 0 Å². The zero-order valence-electron chi connectivity index (χ0n) is 14.5. The molecule has 0 saturated heterocycles. The number of ether oxygens (including phenoxy) is 3. The van der Waals surface area contributed by atoms with Crippen molar-refractivity contribution in [1.82, 2.24) is 4.98 Å². The van der Waals surface area contributed by atoms with Gasteiger partial charge in [0.2, 0.25) is 0 Å². The Kier molecular flexibility index (Phi) is 5.01. The molecule has 0 unspecified atom stereocenters. The summed E-state index contributed by atoms with van der Waals surface area (Å²) in [5, 5.41) is 13.9. The van der Waals surface area contributed by atoms with E-state index >= 15 is 0 Å². The van der Waals surface area contributed by atoms with Crippen molar-refractivity contribution < 1.29 is 14.2 Å². The predicted octanol–water partition coefficient (Wildman–Crippen LogP) is 4.53. The van der Waals surface area contributed by atoms with Crippen LogP contribution in [0.5, 0.6) is 17.2 Å². The summed E-state index contributed by atoms with van der Waals surface area (Å²) in [4.78, 5) is 4.55. The van der Waals surface area contributed by atoms with E-state index in [1.54, 1.807) is 57.7 Å². The van der Waals surface area contributed by atoms with Gasteiger partial charge in [0, 0.05) is 17.1 Å². The lowest BCUT2D eigenvalue weighted by molar-refractivity contribution is 0.356. The van der Waals surface area contributed by atoms with Crippen LogP contribution in [0.4, 0.5) is 11.5 Å². The van der Waals surface area contributed by atoms with E-state index in [-0.39, 0.29) is 0 Å². The standard InChI is InChI=1S/C19H16ClN3O3/c1-24-16-5-4-13(8-14(16)20)22-19-12(10-21)6-11-7-17(25-2)18(26-3)9-15(11)23-19/h4-9H,1-3H3,(H,22,23). The number of methoxy groups -OCH3 is 3. The van der Waals surface area contributed by atoms with Gasteiger partial charge in [-0.05, 0) is 30.3 Å². The van der Waals surface area contributed by atoms with Gasteiger partial charge in [-0.25, -0.2) is 4.98 Å². The minimum atomic E-state index is 0.400. The molecule has 7 heteroatoms. The predicted molar refractivity (Wildman–Crippen MR) is 101 cm³/mol. The lowest BCUT2D eigenvalue weighted by atomic mass is 10.1. The van der Waals surface area contributed by atoms with Crippen molar-refractivity contribution in [2.75, 3.05) is 26.6 Å². The Morgan fingerprint density at radius 2 is 1.65 bits per heavy atom. The van der Waals surface area contributed by atoms with E-state index in [4.69, 9.17) is 25.8 Å². The van der Waals surface area contributed by atoms with Crippen LogP contribution in [0.1, 0.15) is 5.56 Å². The van der Waals surface area contributed by atoms with Gasteiger partial charge in [0.05, 0.1) is 37.4 Å². The number of halogens is 1. The van der Waals surface area contributed by atoms with Crippen LogP contribution in [0.15, 0.2) is 36.4 Å². The number of fused-ring (bicyclic) bond motifs is 1.